The maximum atomic E-state index is 12.1. The van der Waals surface area contributed by atoms with Gasteiger partial charge >= 0.3 is 57.5 Å². The molecule has 1 aromatic heterocycles. The minimum Gasteiger partial charge on any atom is -0.512 e. The van der Waals surface area contributed by atoms with Gasteiger partial charge < -0.3 is 16.6 Å². The first kappa shape index (κ1) is 21.3. The molecule has 2 aliphatic heterocycles. The summed E-state index contributed by atoms with van der Waals surface area (Å²) in [5, 5.41) is 7.32. The van der Waals surface area contributed by atoms with Crippen LogP contribution in [0.25, 0.3) is 5.57 Å². The number of rotatable bonds is 2. The Hall–Kier alpha value is 0.276. The number of ether oxygens (including phenoxy) is 1. The molecule has 2 aliphatic rings. The molecule has 0 saturated carbocycles. The van der Waals surface area contributed by atoms with Crippen molar-refractivity contribution in [1.29, 1.82) is 5.26 Å². The molecular formula is C13H13Cl2KN4O2S. The van der Waals surface area contributed by atoms with Crippen LogP contribution in [0, 0.1) is 11.8 Å². The van der Waals surface area contributed by atoms with Crippen molar-refractivity contribution in [3.63, 3.8) is 0 Å². The van der Waals surface area contributed by atoms with Gasteiger partial charge in [0.2, 0.25) is 0 Å². The standard InChI is InChI=1S/C12H13Cl2N3O2S.CN.K/c1-2-19-12(18)17-6-3-4-8(17)9(7(13)5-6)10-11(14)16-20-15-10;1-2;/h6,8H,2-5H2,1H3;;/q;-1;+1. The van der Waals surface area contributed by atoms with Crippen LogP contribution in [0.3, 0.4) is 0 Å². The van der Waals surface area contributed by atoms with Gasteiger partial charge in [0.25, 0.3) is 0 Å². The smallest absolute Gasteiger partial charge is 0.512 e. The van der Waals surface area contributed by atoms with Crippen LogP contribution in [-0.4, -0.2) is 38.4 Å². The summed E-state index contributed by atoms with van der Waals surface area (Å²) in [5.74, 6) is 0. The number of carbonyl (C=O) groups excluding carboxylic acids is 1. The molecule has 23 heavy (non-hydrogen) atoms. The van der Waals surface area contributed by atoms with E-state index in [4.69, 9.17) is 39.8 Å². The van der Waals surface area contributed by atoms with E-state index in [0.29, 0.717) is 23.9 Å². The average Bonchev–Trinajstić information content (AvgIpc) is 3.06. The van der Waals surface area contributed by atoms with E-state index in [9.17, 15) is 4.79 Å². The molecule has 1 fully saturated rings. The molecule has 2 atom stereocenters. The van der Waals surface area contributed by atoms with Crippen molar-refractivity contribution in [3.8, 4) is 0 Å². The van der Waals surface area contributed by atoms with E-state index in [-0.39, 0.29) is 69.6 Å². The molecule has 118 valence electrons. The third-order valence-corrected chi connectivity index (χ3v) is 4.98. The fourth-order valence-corrected chi connectivity index (χ4v) is 4.11. The molecule has 2 unspecified atom stereocenters. The fraction of sp³-hybridized carbons (Fsp3) is 0.538. The largest absolute Gasteiger partial charge is 1.00 e. The first-order valence-electron chi connectivity index (χ1n) is 6.67. The second kappa shape index (κ2) is 9.68. The Morgan fingerprint density at radius 2 is 2.13 bits per heavy atom. The molecule has 0 aliphatic carbocycles. The third kappa shape index (κ3) is 4.28. The van der Waals surface area contributed by atoms with Gasteiger partial charge in [-0.25, -0.2) is 4.79 Å². The van der Waals surface area contributed by atoms with Gasteiger partial charge in [-0.05, 0) is 19.8 Å². The van der Waals surface area contributed by atoms with Gasteiger partial charge in [-0.1, -0.05) is 23.2 Å². The predicted octanol–water partition coefficient (Wildman–Crippen LogP) is 0.635. The zero-order valence-electron chi connectivity index (χ0n) is 12.8. The van der Waals surface area contributed by atoms with Crippen molar-refractivity contribution < 1.29 is 60.9 Å². The van der Waals surface area contributed by atoms with Gasteiger partial charge in [0.05, 0.1) is 24.4 Å². The number of fused-ring (bicyclic) bond motifs is 2. The molecule has 0 radical (unpaired) electrons. The number of carbonyl (C=O) groups is 1. The van der Waals surface area contributed by atoms with Gasteiger partial charge in [0.1, 0.15) is 5.69 Å². The van der Waals surface area contributed by atoms with Gasteiger partial charge in [0.15, 0.2) is 5.15 Å². The average molecular weight is 399 g/mol. The van der Waals surface area contributed by atoms with E-state index >= 15 is 0 Å². The summed E-state index contributed by atoms with van der Waals surface area (Å²) in [4.78, 5) is 13.9. The van der Waals surface area contributed by atoms with E-state index < -0.39 is 0 Å². The molecule has 6 nitrogen and oxygen atoms in total. The van der Waals surface area contributed by atoms with Crippen molar-refractivity contribution in [2.75, 3.05) is 6.61 Å². The van der Waals surface area contributed by atoms with E-state index in [1.807, 2.05) is 0 Å². The summed E-state index contributed by atoms with van der Waals surface area (Å²) < 4.78 is 13.4. The van der Waals surface area contributed by atoms with Crippen LogP contribution >= 0.6 is 34.9 Å². The molecule has 1 amide bonds. The van der Waals surface area contributed by atoms with Gasteiger partial charge in [-0.3, -0.25) is 4.90 Å². The minimum absolute atomic E-state index is 0. The summed E-state index contributed by atoms with van der Waals surface area (Å²) >= 11 is 13.5. The van der Waals surface area contributed by atoms with Crippen molar-refractivity contribution >= 4 is 46.6 Å². The van der Waals surface area contributed by atoms with Gasteiger partial charge in [-0.2, -0.15) is 8.75 Å². The summed E-state index contributed by atoms with van der Waals surface area (Å²) in [6, 6.07) is 0.00219. The van der Waals surface area contributed by atoms with Crippen molar-refractivity contribution in [2.45, 2.75) is 38.3 Å². The molecule has 0 aromatic carbocycles. The third-order valence-electron chi connectivity index (χ3n) is 3.73. The molecule has 0 N–H and O–H groups in total. The molecule has 1 aromatic rings. The Labute approximate surface area is 191 Å². The number of hydrogen-bond acceptors (Lipinski definition) is 6. The van der Waals surface area contributed by atoms with Crippen molar-refractivity contribution in [3.05, 3.63) is 22.5 Å². The van der Waals surface area contributed by atoms with Gasteiger partial charge in [-0.15, -0.1) is 0 Å². The second-order valence-electron chi connectivity index (χ2n) is 4.78. The molecule has 0 spiro atoms. The molecule has 2 bridgehead atoms. The van der Waals surface area contributed by atoms with Crippen LogP contribution < -0.4 is 51.4 Å². The van der Waals surface area contributed by atoms with E-state index in [0.717, 1.165) is 35.2 Å². The van der Waals surface area contributed by atoms with Crippen LogP contribution in [-0.2, 0) is 4.74 Å². The Morgan fingerprint density at radius 1 is 1.43 bits per heavy atom. The van der Waals surface area contributed by atoms with E-state index in [2.05, 4.69) is 8.75 Å². The topological polar surface area (TPSA) is 79.1 Å². The molecule has 1 saturated heterocycles. The minimum atomic E-state index is -0.291. The van der Waals surface area contributed by atoms with Crippen LogP contribution in [0.15, 0.2) is 5.03 Å². The number of halogens is 2. The van der Waals surface area contributed by atoms with Crippen LogP contribution in [0.5, 0.6) is 0 Å². The summed E-state index contributed by atoms with van der Waals surface area (Å²) in [6.07, 6.45) is 2.10. The summed E-state index contributed by atoms with van der Waals surface area (Å²) in [5.41, 5.74) is 1.42. The van der Waals surface area contributed by atoms with E-state index in [1.165, 1.54) is 0 Å². The normalized spacial score (nSPS) is 22.0. The Morgan fingerprint density at radius 3 is 2.70 bits per heavy atom. The van der Waals surface area contributed by atoms with Crippen LogP contribution in [0.4, 0.5) is 4.79 Å². The SMILES string of the molecule is CCOC(=O)N1C2CCC1C(c1nsnc1Cl)=C(Cl)C2.[C-]#N.[K+]. The van der Waals surface area contributed by atoms with Crippen LogP contribution in [0.2, 0.25) is 5.15 Å². The Bertz CT molecular complexity index is 622. The van der Waals surface area contributed by atoms with E-state index in [1.54, 1.807) is 11.8 Å². The first-order chi connectivity index (χ1) is 10.6. The van der Waals surface area contributed by atoms with Gasteiger partial charge in [0, 0.05) is 23.1 Å². The monoisotopic (exact) mass is 398 g/mol. The van der Waals surface area contributed by atoms with Crippen molar-refractivity contribution in [2.24, 2.45) is 0 Å². The molecule has 10 heteroatoms. The summed E-state index contributed by atoms with van der Waals surface area (Å²) in [6.45, 7) is 6.91. The van der Waals surface area contributed by atoms with Crippen LogP contribution in [0.1, 0.15) is 31.9 Å². The summed E-state index contributed by atoms with van der Waals surface area (Å²) in [7, 11) is 0. The number of nitrogens with zero attached hydrogens (tertiary/aromatic N) is 4. The molecule has 3 heterocycles. The second-order valence-corrected chi connectivity index (χ2v) is 6.12. The number of aromatic nitrogens is 2. The zero-order chi connectivity index (χ0) is 16.3. The Kier molecular flexibility index (Phi) is 8.97. The molecular weight excluding hydrogens is 386 g/mol. The predicted molar refractivity (Wildman–Crippen MR) is 82.9 cm³/mol. The molecule has 3 rings (SSSR count). The quantitative estimate of drug-likeness (QED) is 0.539. The Balaban J connectivity index is 0.000000849. The maximum absolute atomic E-state index is 12.1. The van der Waals surface area contributed by atoms with Crippen molar-refractivity contribution in [1.82, 2.24) is 13.6 Å². The zero-order valence-corrected chi connectivity index (χ0v) is 18.2. The maximum Gasteiger partial charge on any atom is 1.00 e. The fourth-order valence-electron chi connectivity index (χ4n) is 2.96. The number of hydrogen-bond donors (Lipinski definition) is 0. The first-order valence-corrected chi connectivity index (χ1v) is 8.16. The number of amides is 1.